The third kappa shape index (κ3) is 2.45. The fourth-order valence-corrected chi connectivity index (χ4v) is 3.54. The van der Waals surface area contributed by atoms with Gasteiger partial charge in [0.15, 0.2) is 0 Å². The van der Waals surface area contributed by atoms with Crippen molar-refractivity contribution in [2.75, 3.05) is 26.0 Å². The predicted molar refractivity (Wildman–Crippen MR) is 84.7 cm³/mol. The fourth-order valence-electron chi connectivity index (χ4n) is 3.37. The van der Waals surface area contributed by atoms with Gasteiger partial charge in [0.25, 0.3) is 0 Å². The van der Waals surface area contributed by atoms with Gasteiger partial charge >= 0.3 is 0 Å². The molecule has 1 atom stereocenters. The van der Waals surface area contributed by atoms with Crippen molar-refractivity contribution in [1.82, 2.24) is 14.5 Å². The molecule has 1 saturated heterocycles. The third-order valence-electron chi connectivity index (χ3n) is 4.27. The summed E-state index contributed by atoms with van der Waals surface area (Å²) >= 11 is 5.98. The predicted octanol–water partition coefficient (Wildman–Crippen LogP) is 3.39. The van der Waals surface area contributed by atoms with Gasteiger partial charge in [-0.3, -0.25) is 0 Å². The van der Waals surface area contributed by atoms with Crippen molar-refractivity contribution < 1.29 is 0 Å². The van der Waals surface area contributed by atoms with Crippen LogP contribution < -0.4 is 0 Å². The molecule has 1 aromatic carbocycles. The summed E-state index contributed by atoms with van der Waals surface area (Å²) in [6, 6.07) is 6.91. The maximum atomic E-state index is 5.98. The summed E-state index contributed by atoms with van der Waals surface area (Å²) in [4.78, 5) is 7.24. The first-order valence-electron chi connectivity index (χ1n) is 7.41. The second-order valence-corrected chi connectivity index (χ2v) is 6.22. The molecule has 0 N–H and O–H groups in total. The van der Waals surface area contributed by atoms with Gasteiger partial charge in [0.1, 0.15) is 5.82 Å². The molecule has 0 saturated carbocycles. The van der Waals surface area contributed by atoms with E-state index in [0.717, 1.165) is 24.3 Å². The maximum absolute atomic E-state index is 5.98. The van der Waals surface area contributed by atoms with Gasteiger partial charge in [-0.1, -0.05) is 12.1 Å². The molecule has 1 aromatic heterocycles. The quantitative estimate of drug-likeness (QED) is 0.808. The van der Waals surface area contributed by atoms with Crippen LogP contribution in [-0.2, 0) is 6.42 Å². The number of alkyl halides is 1. The van der Waals surface area contributed by atoms with E-state index in [1.807, 2.05) is 0 Å². The Bertz CT molecular complexity index is 605. The van der Waals surface area contributed by atoms with Gasteiger partial charge in [-0.2, -0.15) is 0 Å². The summed E-state index contributed by atoms with van der Waals surface area (Å²) in [6.45, 7) is 4.49. The number of nitrogens with zero attached hydrogens (tertiary/aromatic N) is 3. The average molecular weight is 292 g/mol. The lowest BCUT2D eigenvalue weighted by Crippen LogP contribution is -2.34. The summed E-state index contributed by atoms with van der Waals surface area (Å²) in [5.74, 6) is 1.77. The Morgan fingerprint density at radius 2 is 2.25 bits per heavy atom. The average Bonchev–Trinajstić information content (AvgIpc) is 2.79. The number of likely N-dealkylation sites (N-methyl/N-ethyl adjacent to an activating group) is 1. The van der Waals surface area contributed by atoms with E-state index in [1.54, 1.807) is 0 Å². The van der Waals surface area contributed by atoms with Crippen LogP contribution in [-0.4, -0.2) is 40.5 Å². The molecular weight excluding hydrogens is 270 g/mol. The first-order chi connectivity index (χ1) is 9.70. The summed E-state index contributed by atoms with van der Waals surface area (Å²) in [6.07, 6.45) is 3.34. The second-order valence-electron chi connectivity index (χ2n) is 5.84. The van der Waals surface area contributed by atoms with Crippen LogP contribution >= 0.6 is 11.6 Å². The van der Waals surface area contributed by atoms with Crippen LogP contribution in [0.5, 0.6) is 0 Å². The zero-order valence-electron chi connectivity index (χ0n) is 12.3. The third-order valence-corrected chi connectivity index (χ3v) is 4.46. The molecule has 2 aromatic rings. The Labute approximate surface area is 125 Å². The van der Waals surface area contributed by atoms with Crippen molar-refractivity contribution in [3.8, 4) is 0 Å². The van der Waals surface area contributed by atoms with E-state index in [0.29, 0.717) is 11.9 Å². The molecule has 0 spiro atoms. The first kappa shape index (κ1) is 13.9. The minimum absolute atomic E-state index is 0.526. The van der Waals surface area contributed by atoms with Gasteiger partial charge in [-0.25, -0.2) is 4.98 Å². The van der Waals surface area contributed by atoms with Gasteiger partial charge in [0.2, 0.25) is 0 Å². The number of para-hydroxylation sites is 1. The topological polar surface area (TPSA) is 21.1 Å². The summed E-state index contributed by atoms with van der Waals surface area (Å²) in [5, 5.41) is 0. The number of aromatic nitrogens is 2. The highest BCUT2D eigenvalue weighted by molar-refractivity contribution is 6.17. The molecule has 1 fully saturated rings. The second kappa shape index (κ2) is 5.74. The molecule has 2 heterocycles. The van der Waals surface area contributed by atoms with Crippen LogP contribution in [0.15, 0.2) is 18.2 Å². The molecule has 0 bridgehead atoms. The monoisotopic (exact) mass is 291 g/mol. The molecule has 1 aliphatic heterocycles. The number of halogens is 1. The molecule has 108 valence electrons. The number of benzene rings is 1. The van der Waals surface area contributed by atoms with Gasteiger partial charge in [-0.15, -0.1) is 11.6 Å². The summed E-state index contributed by atoms with van der Waals surface area (Å²) in [5.41, 5.74) is 3.72. The van der Waals surface area contributed by atoms with E-state index in [4.69, 9.17) is 16.6 Å². The summed E-state index contributed by atoms with van der Waals surface area (Å²) < 4.78 is 2.46. The lowest BCUT2D eigenvalue weighted by Gasteiger charge is -2.32. The van der Waals surface area contributed by atoms with Crippen molar-refractivity contribution >= 4 is 22.6 Å². The van der Waals surface area contributed by atoms with Gasteiger partial charge in [0.05, 0.1) is 11.0 Å². The molecule has 4 heteroatoms. The highest BCUT2D eigenvalue weighted by Crippen LogP contribution is 2.29. The van der Waals surface area contributed by atoms with Crippen molar-refractivity contribution in [2.24, 2.45) is 0 Å². The largest absolute Gasteiger partial charge is 0.323 e. The number of fused-ring (bicyclic) bond motifs is 1. The Kier molecular flexibility index (Phi) is 3.99. The Morgan fingerprint density at radius 1 is 1.40 bits per heavy atom. The van der Waals surface area contributed by atoms with Crippen LogP contribution in [0.3, 0.4) is 0 Å². The molecule has 0 aliphatic carbocycles. The highest BCUT2D eigenvalue weighted by Gasteiger charge is 2.23. The van der Waals surface area contributed by atoms with Gasteiger partial charge < -0.3 is 9.47 Å². The number of rotatable bonds is 3. The van der Waals surface area contributed by atoms with E-state index in [-0.39, 0.29) is 0 Å². The minimum Gasteiger partial charge on any atom is -0.323 e. The summed E-state index contributed by atoms with van der Waals surface area (Å²) in [7, 11) is 2.21. The molecule has 3 nitrogen and oxygen atoms in total. The van der Waals surface area contributed by atoms with Crippen molar-refractivity contribution in [3.05, 3.63) is 29.6 Å². The molecule has 3 rings (SSSR count). The minimum atomic E-state index is 0.526. The molecular formula is C16H22ClN3. The smallest absolute Gasteiger partial charge is 0.111 e. The van der Waals surface area contributed by atoms with Crippen LogP contribution in [0.4, 0.5) is 0 Å². The molecule has 0 radical (unpaired) electrons. The van der Waals surface area contributed by atoms with Gasteiger partial charge in [-0.05, 0) is 45.0 Å². The molecule has 1 aliphatic rings. The van der Waals surface area contributed by atoms with E-state index in [2.05, 4.69) is 41.6 Å². The van der Waals surface area contributed by atoms with Gasteiger partial charge in [0, 0.05) is 24.9 Å². The molecule has 1 unspecified atom stereocenters. The van der Waals surface area contributed by atoms with Crippen LogP contribution in [0.1, 0.15) is 30.3 Å². The normalized spacial score (nSPS) is 20.6. The van der Waals surface area contributed by atoms with Crippen LogP contribution in [0.25, 0.3) is 11.0 Å². The van der Waals surface area contributed by atoms with Crippen molar-refractivity contribution in [1.29, 1.82) is 0 Å². The van der Waals surface area contributed by atoms with E-state index < -0.39 is 0 Å². The number of imidazole rings is 1. The van der Waals surface area contributed by atoms with Crippen molar-refractivity contribution in [2.45, 2.75) is 32.2 Å². The Hall–Kier alpha value is -1.06. The highest BCUT2D eigenvalue weighted by atomic mass is 35.5. The SMILES string of the molecule is Cc1cccc2nc(CCCl)n(C3CCCN(C)C3)c12. The fraction of sp³-hybridized carbons (Fsp3) is 0.562. The van der Waals surface area contributed by atoms with E-state index in [9.17, 15) is 0 Å². The standard InChI is InChI=1S/C16H22ClN3/c1-12-5-3-7-14-16(12)20(15(18-14)8-9-17)13-6-4-10-19(2)11-13/h3,5,7,13H,4,6,8-11H2,1-2H3. The van der Waals surface area contributed by atoms with E-state index in [1.165, 1.54) is 30.5 Å². The zero-order chi connectivity index (χ0) is 14.1. The molecule has 20 heavy (non-hydrogen) atoms. The Balaban J connectivity index is 2.12. The van der Waals surface area contributed by atoms with Crippen molar-refractivity contribution in [3.63, 3.8) is 0 Å². The van der Waals surface area contributed by atoms with Crippen LogP contribution in [0.2, 0.25) is 0 Å². The number of hydrogen-bond acceptors (Lipinski definition) is 2. The Morgan fingerprint density at radius 3 is 3.00 bits per heavy atom. The number of hydrogen-bond donors (Lipinski definition) is 0. The number of aryl methyl sites for hydroxylation is 2. The zero-order valence-corrected chi connectivity index (χ0v) is 13.0. The van der Waals surface area contributed by atoms with E-state index >= 15 is 0 Å². The maximum Gasteiger partial charge on any atom is 0.111 e. The molecule has 0 amide bonds. The number of piperidine rings is 1. The number of likely N-dealkylation sites (tertiary alicyclic amines) is 1. The lowest BCUT2D eigenvalue weighted by atomic mass is 10.0. The van der Waals surface area contributed by atoms with Crippen LogP contribution in [0, 0.1) is 6.92 Å². The first-order valence-corrected chi connectivity index (χ1v) is 7.95. The lowest BCUT2D eigenvalue weighted by molar-refractivity contribution is 0.212.